The third-order valence-electron chi connectivity index (χ3n) is 2.81. The normalized spacial score (nSPS) is 10.7. The van der Waals surface area contributed by atoms with Gasteiger partial charge in [0, 0.05) is 24.0 Å². The molecule has 3 rings (SSSR count). The van der Waals surface area contributed by atoms with Crippen LogP contribution >= 0.6 is 0 Å². The summed E-state index contributed by atoms with van der Waals surface area (Å²) < 4.78 is 31.9. The number of hydrogen-bond donors (Lipinski definition) is 1. The Kier molecular flexibility index (Phi) is 2.90. The zero-order valence-electron chi connectivity index (χ0n) is 10.2. The molecule has 100 valence electrons. The average Bonchev–Trinajstić information content (AvgIpc) is 2.80. The van der Waals surface area contributed by atoms with Gasteiger partial charge in [-0.15, -0.1) is 0 Å². The van der Waals surface area contributed by atoms with E-state index in [1.54, 1.807) is 24.5 Å². The number of benzene rings is 1. The predicted molar refractivity (Wildman–Crippen MR) is 69.5 cm³/mol. The van der Waals surface area contributed by atoms with Gasteiger partial charge in [-0.3, -0.25) is 4.98 Å². The van der Waals surface area contributed by atoms with E-state index in [0.717, 1.165) is 6.07 Å². The van der Waals surface area contributed by atoms with Gasteiger partial charge in [-0.1, -0.05) is 5.16 Å². The molecule has 6 heteroatoms. The number of nitrogens with zero attached hydrogens (tertiary/aromatic N) is 2. The van der Waals surface area contributed by atoms with Crippen molar-refractivity contribution in [2.45, 2.75) is 0 Å². The second kappa shape index (κ2) is 4.73. The largest absolute Gasteiger partial charge is 0.380 e. The Hall–Kier alpha value is -2.76. The average molecular weight is 273 g/mol. The summed E-state index contributed by atoms with van der Waals surface area (Å²) in [6.07, 6.45) is 3.15. The Morgan fingerprint density at radius 3 is 2.25 bits per heavy atom. The molecule has 4 nitrogen and oxygen atoms in total. The molecule has 0 amide bonds. The van der Waals surface area contributed by atoms with E-state index in [1.807, 2.05) is 0 Å². The summed E-state index contributed by atoms with van der Waals surface area (Å²) in [5.74, 6) is -0.973. The van der Waals surface area contributed by atoms with Crippen LogP contribution in [0.1, 0.15) is 0 Å². The summed E-state index contributed by atoms with van der Waals surface area (Å²) >= 11 is 0. The van der Waals surface area contributed by atoms with Gasteiger partial charge in [0.05, 0.1) is 5.56 Å². The van der Waals surface area contributed by atoms with Crippen LogP contribution in [-0.4, -0.2) is 10.1 Å². The molecule has 2 N–H and O–H groups in total. The topological polar surface area (TPSA) is 64.9 Å². The maximum Gasteiger partial charge on any atom is 0.177 e. The minimum atomic E-state index is -0.693. The summed E-state index contributed by atoms with van der Waals surface area (Å²) in [7, 11) is 0. The highest BCUT2D eigenvalue weighted by molar-refractivity contribution is 5.86. The highest BCUT2D eigenvalue weighted by Gasteiger charge is 2.18. The van der Waals surface area contributed by atoms with Crippen LogP contribution in [-0.2, 0) is 0 Å². The van der Waals surface area contributed by atoms with Crippen LogP contribution in [0.3, 0.4) is 0 Å². The zero-order valence-corrected chi connectivity index (χ0v) is 10.2. The molecule has 0 atom stereocenters. The fourth-order valence-electron chi connectivity index (χ4n) is 1.98. The molecule has 2 aromatic heterocycles. The number of pyridine rings is 1. The number of nitrogens with two attached hydrogens (primary N) is 1. The van der Waals surface area contributed by atoms with Gasteiger partial charge < -0.3 is 10.3 Å². The number of aromatic nitrogens is 2. The van der Waals surface area contributed by atoms with Crippen LogP contribution in [0.5, 0.6) is 0 Å². The molecule has 0 unspecified atom stereocenters. The molecule has 0 saturated carbocycles. The number of nitrogen functional groups attached to an aromatic ring is 1. The first-order chi connectivity index (χ1) is 9.65. The monoisotopic (exact) mass is 273 g/mol. The molecule has 0 spiro atoms. The Bertz CT molecular complexity index is 736. The third kappa shape index (κ3) is 2.11. The van der Waals surface area contributed by atoms with Gasteiger partial charge >= 0.3 is 0 Å². The van der Waals surface area contributed by atoms with E-state index in [-0.39, 0.29) is 11.4 Å². The van der Waals surface area contributed by atoms with Gasteiger partial charge in [0.25, 0.3) is 0 Å². The third-order valence-corrected chi connectivity index (χ3v) is 2.81. The summed E-state index contributed by atoms with van der Waals surface area (Å²) in [4.78, 5) is 3.90. The maximum atomic E-state index is 13.3. The smallest absolute Gasteiger partial charge is 0.177 e. The molecule has 1 aromatic carbocycles. The molecule has 0 bridgehead atoms. The van der Waals surface area contributed by atoms with Crippen molar-refractivity contribution < 1.29 is 13.3 Å². The first-order valence-electron chi connectivity index (χ1n) is 5.77. The fourth-order valence-corrected chi connectivity index (χ4v) is 1.98. The molecular weight excluding hydrogens is 264 g/mol. The minimum absolute atomic E-state index is 0.0711. The van der Waals surface area contributed by atoms with Crippen molar-refractivity contribution in [1.29, 1.82) is 0 Å². The van der Waals surface area contributed by atoms with Crippen molar-refractivity contribution in [1.82, 2.24) is 10.1 Å². The standard InChI is InChI=1S/C14H9F2N3O/c15-10-5-9(6-11(16)7-10)12-13(20-19-14(12)17)8-1-3-18-4-2-8/h1-7H,(H2,17,19). The molecule has 0 saturated heterocycles. The maximum absolute atomic E-state index is 13.3. The van der Waals surface area contributed by atoms with E-state index >= 15 is 0 Å². The molecule has 0 radical (unpaired) electrons. The SMILES string of the molecule is Nc1noc(-c2ccncc2)c1-c1cc(F)cc(F)c1. The molecule has 0 fully saturated rings. The van der Waals surface area contributed by atoms with Crippen LogP contribution in [0.2, 0.25) is 0 Å². The first kappa shape index (κ1) is 12.3. The Balaban J connectivity index is 2.22. The second-order valence-electron chi connectivity index (χ2n) is 4.17. The first-order valence-corrected chi connectivity index (χ1v) is 5.77. The van der Waals surface area contributed by atoms with E-state index in [4.69, 9.17) is 10.3 Å². The summed E-state index contributed by atoms with van der Waals surface area (Å²) in [5, 5.41) is 3.67. The zero-order chi connectivity index (χ0) is 14.1. The Morgan fingerprint density at radius 1 is 0.950 bits per heavy atom. The number of rotatable bonds is 2. The lowest BCUT2D eigenvalue weighted by atomic mass is 10.0. The molecule has 0 aliphatic rings. The Labute approximate surface area is 112 Å². The van der Waals surface area contributed by atoms with E-state index in [9.17, 15) is 8.78 Å². The van der Waals surface area contributed by atoms with Crippen molar-refractivity contribution >= 4 is 5.82 Å². The lowest BCUT2D eigenvalue weighted by Gasteiger charge is -2.03. The van der Waals surface area contributed by atoms with Crippen molar-refractivity contribution in [3.63, 3.8) is 0 Å². The van der Waals surface area contributed by atoms with Crippen LogP contribution in [0.4, 0.5) is 14.6 Å². The molecular formula is C14H9F2N3O. The van der Waals surface area contributed by atoms with Gasteiger partial charge in [0.2, 0.25) is 0 Å². The van der Waals surface area contributed by atoms with Crippen molar-refractivity contribution in [2.75, 3.05) is 5.73 Å². The van der Waals surface area contributed by atoms with Gasteiger partial charge in [0.1, 0.15) is 11.6 Å². The van der Waals surface area contributed by atoms with Crippen LogP contribution in [0.25, 0.3) is 22.5 Å². The van der Waals surface area contributed by atoms with Gasteiger partial charge in [0.15, 0.2) is 11.6 Å². The van der Waals surface area contributed by atoms with E-state index in [2.05, 4.69) is 10.1 Å². The van der Waals surface area contributed by atoms with Crippen molar-refractivity contribution in [2.24, 2.45) is 0 Å². The van der Waals surface area contributed by atoms with Gasteiger partial charge in [-0.2, -0.15) is 0 Å². The Morgan fingerprint density at radius 2 is 1.60 bits per heavy atom. The predicted octanol–water partition coefficient (Wildman–Crippen LogP) is 3.26. The van der Waals surface area contributed by atoms with Gasteiger partial charge in [-0.05, 0) is 29.8 Å². The number of halogens is 2. The minimum Gasteiger partial charge on any atom is -0.380 e. The molecule has 3 aromatic rings. The highest BCUT2D eigenvalue weighted by atomic mass is 19.1. The second-order valence-corrected chi connectivity index (χ2v) is 4.17. The molecule has 20 heavy (non-hydrogen) atoms. The van der Waals surface area contributed by atoms with Crippen molar-refractivity contribution in [3.05, 3.63) is 54.4 Å². The van der Waals surface area contributed by atoms with Crippen LogP contribution in [0.15, 0.2) is 47.2 Å². The number of anilines is 1. The lowest BCUT2D eigenvalue weighted by molar-refractivity contribution is 0.436. The summed E-state index contributed by atoms with van der Waals surface area (Å²) in [5.41, 5.74) is 7.04. The lowest BCUT2D eigenvalue weighted by Crippen LogP contribution is -1.91. The molecule has 0 aliphatic carbocycles. The van der Waals surface area contributed by atoms with Crippen LogP contribution in [0, 0.1) is 11.6 Å². The van der Waals surface area contributed by atoms with E-state index in [0.29, 0.717) is 16.9 Å². The van der Waals surface area contributed by atoms with Gasteiger partial charge in [-0.25, -0.2) is 8.78 Å². The van der Waals surface area contributed by atoms with Crippen LogP contribution < -0.4 is 5.73 Å². The highest BCUT2D eigenvalue weighted by Crippen LogP contribution is 2.36. The van der Waals surface area contributed by atoms with E-state index < -0.39 is 11.6 Å². The fraction of sp³-hybridized carbons (Fsp3) is 0. The van der Waals surface area contributed by atoms with E-state index in [1.165, 1.54) is 12.1 Å². The quantitative estimate of drug-likeness (QED) is 0.778. The summed E-state index contributed by atoms with van der Waals surface area (Å²) in [6.45, 7) is 0. The van der Waals surface area contributed by atoms with Crippen molar-refractivity contribution in [3.8, 4) is 22.5 Å². The molecule has 0 aliphatic heterocycles. The summed E-state index contributed by atoms with van der Waals surface area (Å²) in [6, 6.07) is 6.53. The number of hydrogen-bond acceptors (Lipinski definition) is 4. The molecule has 2 heterocycles.